The molecule has 1 aromatic heterocycles. The number of tetrazole rings is 1. The number of hydrogen-bond acceptors (Lipinski definition) is 4. The summed E-state index contributed by atoms with van der Waals surface area (Å²) in [6, 6.07) is 7.50. The topological polar surface area (TPSA) is 72.7 Å². The average molecular weight is 334 g/mol. The number of carbonyl (C=O) groups excluding carboxylic acids is 1. The molecule has 1 N–H and O–H groups in total. The lowest BCUT2D eigenvalue weighted by molar-refractivity contribution is -0.123. The fraction of sp³-hybridized carbons (Fsp3) is 0.500. The quantitative estimate of drug-likeness (QED) is 0.933. The molecule has 3 rings (SSSR count). The van der Waals surface area contributed by atoms with Crippen molar-refractivity contribution in [3.63, 3.8) is 0 Å². The first kappa shape index (κ1) is 15.9. The van der Waals surface area contributed by atoms with E-state index in [4.69, 9.17) is 11.6 Å². The molecule has 23 heavy (non-hydrogen) atoms. The number of nitrogens with one attached hydrogen (secondary N) is 1. The van der Waals surface area contributed by atoms with Crippen LogP contribution < -0.4 is 5.32 Å². The molecule has 2 aromatic rings. The van der Waals surface area contributed by atoms with Crippen LogP contribution in [0.15, 0.2) is 24.3 Å². The van der Waals surface area contributed by atoms with Gasteiger partial charge in [-0.1, -0.05) is 43.5 Å². The van der Waals surface area contributed by atoms with E-state index in [1.54, 1.807) is 12.1 Å². The summed E-state index contributed by atoms with van der Waals surface area (Å²) in [6.07, 6.45) is 4.65. The molecule has 0 bridgehead atoms. The van der Waals surface area contributed by atoms with Gasteiger partial charge in [-0.2, -0.15) is 4.80 Å². The van der Waals surface area contributed by atoms with E-state index in [9.17, 15) is 4.79 Å². The summed E-state index contributed by atoms with van der Waals surface area (Å²) in [6.45, 7) is 2.27. The van der Waals surface area contributed by atoms with Crippen molar-refractivity contribution >= 4 is 17.5 Å². The van der Waals surface area contributed by atoms with Gasteiger partial charge in [0.1, 0.15) is 6.54 Å². The van der Waals surface area contributed by atoms with E-state index in [2.05, 4.69) is 27.7 Å². The van der Waals surface area contributed by atoms with Gasteiger partial charge in [-0.25, -0.2) is 0 Å². The van der Waals surface area contributed by atoms with Crippen molar-refractivity contribution in [3.8, 4) is 11.4 Å². The first-order chi connectivity index (χ1) is 11.1. The second kappa shape index (κ2) is 7.08. The molecule has 1 amide bonds. The van der Waals surface area contributed by atoms with E-state index in [0.717, 1.165) is 12.0 Å². The third-order valence-corrected chi connectivity index (χ3v) is 4.51. The van der Waals surface area contributed by atoms with Crippen LogP contribution in [-0.4, -0.2) is 32.2 Å². The van der Waals surface area contributed by atoms with Gasteiger partial charge in [-0.3, -0.25) is 4.79 Å². The van der Waals surface area contributed by atoms with Crippen LogP contribution in [0, 0.1) is 5.92 Å². The summed E-state index contributed by atoms with van der Waals surface area (Å²) in [7, 11) is 0. The number of aromatic nitrogens is 4. The highest BCUT2D eigenvalue weighted by Crippen LogP contribution is 2.23. The smallest absolute Gasteiger partial charge is 0.243 e. The van der Waals surface area contributed by atoms with Crippen LogP contribution in [0.5, 0.6) is 0 Å². The minimum absolute atomic E-state index is 0.0706. The van der Waals surface area contributed by atoms with Crippen LogP contribution in [0.25, 0.3) is 11.4 Å². The molecule has 0 radical (unpaired) electrons. The molecule has 122 valence electrons. The molecule has 1 aliphatic rings. The minimum atomic E-state index is -0.0706. The molecule has 0 aliphatic heterocycles. The Balaban J connectivity index is 1.61. The lowest BCUT2D eigenvalue weighted by Crippen LogP contribution is -2.42. The largest absolute Gasteiger partial charge is 0.351 e. The summed E-state index contributed by atoms with van der Waals surface area (Å²) in [5, 5.41) is 15.9. The van der Waals surface area contributed by atoms with Gasteiger partial charge in [0.05, 0.1) is 0 Å². The predicted octanol–water partition coefficient (Wildman–Crippen LogP) is 2.69. The molecule has 1 heterocycles. The zero-order valence-corrected chi connectivity index (χ0v) is 13.8. The number of amides is 1. The molecule has 1 fully saturated rings. The number of rotatable bonds is 4. The minimum Gasteiger partial charge on any atom is -0.351 e. The lowest BCUT2D eigenvalue weighted by atomic mass is 9.86. The third-order valence-electron chi connectivity index (χ3n) is 4.28. The van der Waals surface area contributed by atoms with Gasteiger partial charge >= 0.3 is 0 Å². The highest BCUT2D eigenvalue weighted by molar-refractivity contribution is 6.30. The Bertz CT molecular complexity index is 687. The van der Waals surface area contributed by atoms with E-state index in [0.29, 0.717) is 16.8 Å². The van der Waals surface area contributed by atoms with Crippen LogP contribution in [0.1, 0.15) is 32.6 Å². The average Bonchev–Trinajstić information content (AvgIpc) is 2.98. The molecular formula is C16H20ClN5O. The fourth-order valence-electron chi connectivity index (χ4n) is 2.96. The van der Waals surface area contributed by atoms with Crippen LogP contribution >= 0.6 is 11.6 Å². The van der Waals surface area contributed by atoms with Gasteiger partial charge in [-0.15, -0.1) is 10.2 Å². The molecule has 0 unspecified atom stereocenters. The van der Waals surface area contributed by atoms with Crippen LogP contribution in [0.3, 0.4) is 0 Å². The van der Waals surface area contributed by atoms with Crippen LogP contribution in [-0.2, 0) is 11.3 Å². The van der Waals surface area contributed by atoms with E-state index in [1.165, 1.54) is 24.1 Å². The first-order valence-electron chi connectivity index (χ1n) is 7.95. The Morgan fingerprint density at radius 2 is 2.22 bits per heavy atom. The summed E-state index contributed by atoms with van der Waals surface area (Å²) in [4.78, 5) is 13.5. The van der Waals surface area contributed by atoms with Gasteiger partial charge in [0.15, 0.2) is 0 Å². The maximum Gasteiger partial charge on any atom is 0.243 e. The van der Waals surface area contributed by atoms with Crippen molar-refractivity contribution in [3.05, 3.63) is 29.3 Å². The Morgan fingerprint density at radius 3 is 3.00 bits per heavy atom. The molecule has 0 saturated heterocycles. The molecule has 7 heteroatoms. The number of carbonyl (C=O) groups is 1. The molecular weight excluding hydrogens is 314 g/mol. The Labute approximate surface area is 140 Å². The van der Waals surface area contributed by atoms with Gasteiger partial charge < -0.3 is 5.32 Å². The zero-order chi connectivity index (χ0) is 16.2. The summed E-state index contributed by atoms with van der Waals surface area (Å²) >= 11 is 5.96. The highest BCUT2D eigenvalue weighted by Gasteiger charge is 2.23. The van der Waals surface area contributed by atoms with Crippen LogP contribution in [0.4, 0.5) is 0 Å². The van der Waals surface area contributed by atoms with Gasteiger partial charge in [-0.05, 0) is 36.1 Å². The summed E-state index contributed by atoms with van der Waals surface area (Å²) in [5.74, 6) is 0.920. The Hall–Kier alpha value is -1.95. The summed E-state index contributed by atoms with van der Waals surface area (Å²) in [5.41, 5.74) is 0.782. The van der Waals surface area contributed by atoms with Crippen molar-refractivity contribution in [1.82, 2.24) is 25.5 Å². The standard InChI is InChI=1S/C16H20ClN5O/c1-11-5-2-3-8-14(11)18-15(23)10-22-20-16(19-21-22)12-6-4-7-13(17)9-12/h4,6-7,9,11,14H,2-3,5,8,10H2,1H3,(H,18,23)/t11-,14-/m0/s1. The van der Waals surface area contributed by atoms with Gasteiger partial charge in [0, 0.05) is 16.6 Å². The van der Waals surface area contributed by atoms with Crippen molar-refractivity contribution in [2.75, 3.05) is 0 Å². The van der Waals surface area contributed by atoms with Crippen molar-refractivity contribution in [2.24, 2.45) is 5.92 Å². The van der Waals surface area contributed by atoms with Crippen LogP contribution in [0.2, 0.25) is 5.02 Å². The fourth-order valence-corrected chi connectivity index (χ4v) is 3.16. The van der Waals surface area contributed by atoms with E-state index in [-0.39, 0.29) is 18.5 Å². The number of hydrogen-bond donors (Lipinski definition) is 1. The van der Waals surface area contributed by atoms with E-state index < -0.39 is 0 Å². The molecule has 1 aromatic carbocycles. The second-order valence-electron chi connectivity index (χ2n) is 6.09. The predicted molar refractivity (Wildman–Crippen MR) is 87.8 cm³/mol. The van der Waals surface area contributed by atoms with Crippen molar-refractivity contribution in [2.45, 2.75) is 45.2 Å². The number of benzene rings is 1. The lowest BCUT2D eigenvalue weighted by Gasteiger charge is -2.29. The zero-order valence-electron chi connectivity index (χ0n) is 13.1. The number of halogens is 1. The maximum absolute atomic E-state index is 12.2. The SMILES string of the molecule is C[C@H]1CCCC[C@@H]1NC(=O)Cn1nnc(-c2cccc(Cl)c2)n1. The second-order valence-corrected chi connectivity index (χ2v) is 6.53. The third kappa shape index (κ3) is 4.07. The highest BCUT2D eigenvalue weighted by atomic mass is 35.5. The number of nitrogens with zero attached hydrogens (tertiary/aromatic N) is 4. The molecule has 1 saturated carbocycles. The van der Waals surface area contributed by atoms with Crippen molar-refractivity contribution in [1.29, 1.82) is 0 Å². The molecule has 2 atom stereocenters. The molecule has 6 nitrogen and oxygen atoms in total. The van der Waals surface area contributed by atoms with Gasteiger partial charge in [0.25, 0.3) is 0 Å². The van der Waals surface area contributed by atoms with Crippen molar-refractivity contribution < 1.29 is 4.79 Å². The van der Waals surface area contributed by atoms with E-state index >= 15 is 0 Å². The normalized spacial score (nSPS) is 21.1. The Kier molecular flexibility index (Phi) is 4.91. The Morgan fingerprint density at radius 1 is 1.39 bits per heavy atom. The van der Waals surface area contributed by atoms with Gasteiger partial charge in [0.2, 0.25) is 11.7 Å². The maximum atomic E-state index is 12.2. The monoisotopic (exact) mass is 333 g/mol. The summed E-state index contributed by atoms with van der Waals surface area (Å²) < 4.78 is 0. The molecule has 0 spiro atoms. The van der Waals surface area contributed by atoms with E-state index in [1.807, 2.05) is 12.1 Å². The first-order valence-corrected chi connectivity index (χ1v) is 8.33. The molecule has 1 aliphatic carbocycles.